The van der Waals surface area contributed by atoms with E-state index in [0.717, 1.165) is 37.5 Å². The Kier molecular flexibility index (Phi) is 7.91. The van der Waals surface area contributed by atoms with Gasteiger partial charge >= 0.3 is 0 Å². The maximum absolute atomic E-state index is 12.2. The Morgan fingerprint density at radius 3 is 2.84 bits per heavy atom. The molecule has 0 bridgehead atoms. The van der Waals surface area contributed by atoms with Gasteiger partial charge < -0.3 is 16.0 Å². The van der Waals surface area contributed by atoms with Crippen LogP contribution in [0.25, 0.3) is 0 Å². The van der Waals surface area contributed by atoms with Crippen LogP contribution in [0.3, 0.4) is 0 Å². The van der Waals surface area contributed by atoms with Crippen molar-refractivity contribution in [1.82, 2.24) is 10.2 Å². The maximum Gasteiger partial charge on any atom is 0.217 e. The van der Waals surface area contributed by atoms with Crippen molar-refractivity contribution in [1.29, 1.82) is 0 Å². The molecule has 6 nitrogen and oxygen atoms in total. The van der Waals surface area contributed by atoms with E-state index in [9.17, 15) is 9.00 Å². The molecule has 1 heterocycles. The Labute approximate surface area is 152 Å². The lowest BCUT2D eigenvalue weighted by molar-refractivity contribution is -0.119. The van der Waals surface area contributed by atoms with Crippen molar-refractivity contribution in [3.63, 3.8) is 0 Å². The fraction of sp³-hybridized carbons (Fsp3) is 0.556. The predicted octanol–water partition coefficient (Wildman–Crippen LogP) is 1.10. The number of guanidine groups is 1. The number of aliphatic imine (C=N–C) groups is 1. The first-order chi connectivity index (χ1) is 12.1. The van der Waals surface area contributed by atoms with E-state index in [1.807, 2.05) is 30.3 Å². The monoisotopic (exact) mass is 364 g/mol. The Bertz CT molecular complexity index is 606. The summed E-state index contributed by atoms with van der Waals surface area (Å²) in [5.41, 5.74) is 6.41. The number of hydrogen-bond acceptors (Lipinski definition) is 3. The number of hydrogen-bond donors (Lipinski definition) is 2. The molecular formula is C18H28N4O2S. The Morgan fingerprint density at radius 1 is 1.40 bits per heavy atom. The van der Waals surface area contributed by atoms with Gasteiger partial charge in [-0.3, -0.25) is 14.0 Å². The van der Waals surface area contributed by atoms with Crippen LogP contribution >= 0.6 is 0 Å². The first-order valence-electron chi connectivity index (χ1n) is 8.71. The first kappa shape index (κ1) is 19.4. The Hall–Kier alpha value is -1.89. The van der Waals surface area contributed by atoms with Gasteiger partial charge in [0.2, 0.25) is 5.91 Å². The van der Waals surface area contributed by atoms with Crippen LogP contribution in [0, 0.1) is 5.92 Å². The fourth-order valence-corrected chi connectivity index (χ4v) is 4.19. The number of nitrogens with two attached hydrogens (primary N) is 1. The lowest BCUT2D eigenvalue weighted by Gasteiger charge is -2.34. The van der Waals surface area contributed by atoms with E-state index in [-0.39, 0.29) is 11.8 Å². The van der Waals surface area contributed by atoms with Crippen LogP contribution in [0.15, 0.2) is 35.3 Å². The van der Waals surface area contributed by atoms with Crippen LogP contribution < -0.4 is 11.1 Å². The molecule has 1 aromatic rings. The zero-order chi connectivity index (χ0) is 18.1. The second-order valence-corrected chi connectivity index (χ2v) is 7.95. The van der Waals surface area contributed by atoms with Gasteiger partial charge in [0, 0.05) is 55.4 Å². The summed E-state index contributed by atoms with van der Waals surface area (Å²) in [5.74, 6) is 2.01. The smallest absolute Gasteiger partial charge is 0.217 e. The highest BCUT2D eigenvalue weighted by atomic mass is 32.2. The van der Waals surface area contributed by atoms with Gasteiger partial charge in [-0.15, -0.1) is 0 Å². The van der Waals surface area contributed by atoms with Gasteiger partial charge in [-0.2, -0.15) is 0 Å². The fourth-order valence-electron chi connectivity index (χ4n) is 3.15. The van der Waals surface area contributed by atoms with E-state index < -0.39 is 10.8 Å². The molecule has 0 aliphatic carbocycles. The van der Waals surface area contributed by atoms with Crippen molar-refractivity contribution in [2.24, 2.45) is 16.6 Å². The number of nitrogens with zero attached hydrogens (tertiary/aromatic N) is 2. The molecule has 138 valence electrons. The number of carbonyl (C=O) groups excluding carboxylic acids is 1. The van der Waals surface area contributed by atoms with Crippen molar-refractivity contribution >= 4 is 22.7 Å². The second-order valence-electron chi connectivity index (χ2n) is 6.37. The lowest BCUT2D eigenvalue weighted by Crippen LogP contribution is -2.47. The van der Waals surface area contributed by atoms with Crippen LogP contribution in [0.5, 0.6) is 0 Å². The molecule has 0 spiro atoms. The molecule has 1 aliphatic heterocycles. The SMILES string of the molecule is CN=C(NCCS(=O)Cc1ccccc1)N1CCCC(CC(N)=O)C1. The van der Waals surface area contributed by atoms with E-state index in [4.69, 9.17) is 5.73 Å². The molecule has 0 radical (unpaired) electrons. The van der Waals surface area contributed by atoms with Gasteiger partial charge in [-0.25, -0.2) is 0 Å². The molecule has 2 rings (SSSR count). The van der Waals surface area contributed by atoms with Crippen LogP contribution in [0.4, 0.5) is 0 Å². The number of nitrogens with one attached hydrogen (secondary N) is 1. The molecule has 0 aromatic heterocycles. The number of carbonyl (C=O) groups is 1. The number of primary amides is 1. The first-order valence-corrected chi connectivity index (χ1v) is 10.2. The molecule has 3 N–H and O–H groups in total. The summed E-state index contributed by atoms with van der Waals surface area (Å²) in [4.78, 5) is 17.6. The zero-order valence-corrected chi connectivity index (χ0v) is 15.6. The van der Waals surface area contributed by atoms with E-state index in [1.54, 1.807) is 7.05 Å². The molecule has 1 fully saturated rings. The molecule has 7 heteroatoms. The van der Waals surface area contributed by atoms with Gasteiger partial charge in [-0.05, 0) is 24.3 Å². The third kappa shape index (κ3) is 6.86. The topological polar surface area (TPSA) is 87.8 Å². The predicted molar refractivity (Wildman–Crippen MR) is 103 cm³/mol. The van der Waals surface area contributed by atoms with Gasteiger partial charge in [0.1, 0.15) is 0 Å². The third-order valence-corrected chi connectivity index (χ3v) is 5.62. The number of piperidine rings is 1. The summed E-state index contributed by atoms with van der Waals surface area (Å²) >= 11 is 0. The maximum atomic E-state index is 12.2. The van der Waals surface area contributed by atoms with E-state index in [2.05, 4.69) is 15.2 Å². The van der Waals surface area contributed by atoms with Gasteiger partial charge in [0.05, 0.1) is 0 Å². The van der Waals surface area contributed by atoms with Crippen molar-refractivity contribution in [3.8, 4) is 0 Å². The summed E-state index contributed by atoms with van der Waals surface area (Å²) in [5, 5.41) is 3.30. The Balaban J connectivity index is 1.76. The summed E-state index contributed by atoms with van der Waals surface area (Å²) in [6.07, 6.45) is 2.48. The second kappa shape index (κ2) is 10.2. The summed E-state index contributed by atoms with van der Waals surface area (Å²) in [6, 6.07) is 9.88. The number of amides is 1. The third-order valence-electron chi connectivity index (χ3n) is 4.30. The van der Waals surface area contributed by atoms with Crippen LogP contribution in [0.1, 0.15) is 24.8 Å². The van der Waals surface area contributed by atoms with Crippen LogP contribution in [0.2, 0.25) is 0 Å². The molecule has 0 saturated carbocycles. The number of benzene rings is 1. The van der Waals surface area contributed by atoms with Crippen molar-refractivity contribution in [2.75, 3.05) is 32.4 Å². The van der Waals surface area contributed by atoms with E-state index >= 15 is 0 Å². The van der Waals surface area contributed by atoms with Crippen LogP contribution in [-0.2, 0) is 21.3 Å². The van der Waals surface area contributed by atoms with Crippen molar-refractivity contribution in [2.45, 2.75) is 25.0 Å². The van der Waals surface area contributed by atoms with E-state index in [1.165, 1.54) is 0 Å². The highest BCUT2D eigenvalue weighted by Gasteiger charge is 2.23. The van der Waals surface area contributed by atoms with Gasteiger partial charge in [0.25, 0.3) is 0 Å². The van der Waals surface area contributed by atoms with E-state index in [0.29, 0.717) is 24.5 Å². The molecule has 1 amide bonds. The quantitative estimate of drug-likeness (QED) is 0.560. The lowest BCUT2D eigenvalue weighted by atomic mass is 9.95. The van der Waals surface area contributed by atoms with Crippen molar-refractivity contribution < 1.29 is 9.00 Å². The molecule has 25 heavy (non-hydrogen) atoms. The minimum atomic E-state index is -0.906. The zero-order valence-electron chi connectivity index (χ0n) is 14.8. The minimum absolute atomic E-state index is 0.244. The molecule has 2 unspecified atom stereocenters. The highest BCUT2D eigenvalue weighted by Crippen LogP contribution is 2.19. The van der Waals surface area contributed by atoms with Gasteiger partial charge in [-0.1, -0.05) is 30.3 Å². The number of rotatable bonds is 7. The highest BCUT2D eigenvalue weighted by molar-refractivity contribution is 7.84. The summed E-state index contributed by atoms with van der Waals surface area (Å²) < 4.78 is 12.2. The molecule has 1 saturated heterocycles. The van der Waals surface area contributed by atoms with Crippen LogP contribution in [-0.4, -0.2) is 53.4 Å². The molecule has 1 aromatic carbocycles. The molecule has 2 atom stereocenters. The summed E-state index contributed by atoms with van der Waals surface area (Å²) in [7, 11) is 0.845. The van der Waals surface area contributed by atoms with Crippen molar-refractivity contribution in [3.05, 3.63) is 35.9 Å². The standard InChI is InChI=1S/C18H28N4O2S/c1-20-18(22-10-5-8-16(13-22)12-17(19)23)21-9-11-25(24)14-15-6-3-2-4-7-15/h2-4,6-7,16H,5,8-14H2,1H3,(H2,19,23)(H,20,21). The summed E-state index contributed by atoms with van der Waals surface area (Å²) in [6.45, 7) is 2.32. The largest absolute Gasteiger partial charge is 0.370 e. The molecule has 1 aliphatic rings. The number of likely N-dealkylation sites (tertiary alicyclic amines) is 1. The molecular weight excluding hydrogens is 336 g/mol. The van der Waals surface area contributed by atoms with Gasteiger partial charge in [0.15, 0.2) is 5.96 Å². The Morgan fingerprint density at radius 2 is 2.16 bits per heavy atom. The minimum Gasteiger partial charge on any atom is -0.370 e. The normalized spacial score (nSPS) is 19.5. The average Bonchev–Trinajstić information content (AvgIpc) is 2.59. The average molecular weight is 365 g/mol.